The summed E-state index contributed by atoms with van der Waals surface area (Å²) >= 11 is 0. The first-order valence-electron chi connectivity index (χ1n) is 6.94. The van der Waals surface area contributed by atoms with E-state index in [2.05, 4.69) is 0 Å². The summed E-state index contributed by atoms with van der Waals surface area (Å²) in [7, 11) is 0. The largest absolute Gasteiger partial charge is 0.455 e. The van der Waals surface area contributed by atoms with E-state index in [1.54, 1.807) is 0 Å². The van der Waals surface area contributed by atoms with Gasteiger partial charge in [-0.2, -0.15) is 0 Å². The smallest absolute Gasteiger partial charge is 0.339 e. The van der Waals surface area contributed by atoms with Crippen LogP contribution in [-0.2, 0) is 9.47 Å². The third-order valence-corrected chi connectivity index (χ3v) is 4.70. The summed E-state index contributed by atoms with van der Waals surface area (Å²) in [5, 5.41) is 0. The van der Waals surface area contributed by atoms with Crippen molar-refractivity contribution < 1.29 is 19.1 Å². The van der Waals surface area contributed by atoms with Crippen molar-refractivity contribution in [1.29, 1.82) is 0 Å². The Labute approximate surface area is 118 Å². The summed E-state index contributed by atoms with van der Waals surface area (Å²) in [5.74, 6) is -0.601. The van der Waals surface area contributed by atoms with Crippen molar-refractivity contribution in [2.75, 3.05) is 0 Å². The highest BCUT2D eigenvalue weighted by molar-refractivity contribution is 5.99. The van der Waals surface area contributed by atoms with E-state index in [4.69, 9.17) is 9.47 Å². The zero-order valence-corrected chi connectivity index (χ0v) is 12.2. The van der Waals surface area contributed by atoms with Gasteiger partial charge in [0.25, 0.3) is 0 Å². The van der Waals surface area contributed by atoms with E-state index >= 15 is 0 Å². The van der Waals surface area contributed by atoms with Crippen LogP contribution in [0.4, 0.5) is 0 Å². The summed E-state index contributed by atoms with van der Waals surface area (Å²) in [6.45, 7) is 7.42. The van der Waals surface area contributed by atoms with Crippen LogP contribution in [0.25, 0.3) is 0 Å². The molecule has 2 atom stereocenters. The molecule has 0 saturated heterocycles. The van der Waals surface area contributed by atoms with Crippen LogP contribution >= 0.6 is 0 Å². The Balaban J connectivity index is 2.26. The summed E-state index contributed by atoms with van der Waals surface area (Å²) in [4.78, 5) is 24.8. The predicted octanol–water partition coefficient (Wildman–Crippen LogP) is 2.78. The minimum absolute atomic E-state index is 0.292. The molecule has 2 bridgehead atoms. The molecule has 2 heterocycles. The molecule has 1 aliphatic carbocycles. The first-order chi connectivity index (χ1) is 9.41. The van der Waals surface area contributed by atoms with Crippen molar-refractivity contribution in [3.8, 4) is 0 Å². The van der Waals surface area contributed by atoms with Gasteiger partial charge in [0, 0.05) is 0 Å². The maximum atomic E-state index is 12.4. The average Bonchev–Trinajstić information content (AvgIpc) is 2.38. The van der Waals surface area contributed by atoms with E-state index < -0.39 is 0 Å². The molecular weight excluding hydrogens is 256 g/mol. The van der Waals surface area contributed by atoms with E-state index in [1.807, 2.05) is 27.7 Å². The van der Waals surface area contributed by atoms with Gasteiger partial charge in [0.1, 0.15) is 12.2 Å². The van der Waals surface area contributed by atoms with Crippen LogP contribution in [0.3, 0.4) is 0 Å². The third kappa shape index (κ3) is 1.67. The Kier molecular flexibility index (Phi) is 2.85. The minimum Gasteiger partial charge on any atom is -0.455 e. The molecule has 1 saturated carbocycles. The summed E-state index contributed by atoms with van der Waals surface area (Å²) in [5.41, 5.74) is 4.43. The van der Waals surface area contributed by atoms with Crippen LogP contribution in [0, 0.1) is 27.7 Å². The molecule has 1 aromatic rings. The second-order valence-electron chi connectivity index (χ2n) is 5.71. The van der Waals surface area contributed by atoms with E-state index in [0.29, 0.717) is 11.1 Å². The lowest BCUT2D eigenvalue weighted by Gasteiger charge is -2.36. The van der Waals surface area contributed by atoms with E-state index in [9.17, 15) is 9.59 Å². The molecule has 1 fully saturated rings. The molecule has 4 nitrogen and oxygen atoms in total. The van der Waals surface area contributed by atoms with Crippen molar-refractivity contribution in [2.45, 2.75) is 52.7 Å². The van der Waals surface area contributed by atoms with Crippen molar-refractivity contribution >= 4 is 11.9 Å². The molecule has 106 valence electrons. The SMILES string of the molecule is Cc1c(C)c2c(C)c(C)c1C(=O)OC1CCC1OC2=O. The van der Waals surface area contributed by atoms with Crippen molar-refractivity contribution in [1.82, 2.24) is 0 Å². The fraction of sp³-hybridized carbons (Fsp3) is 0.500. The number of rotatable bonds is 0. The van der Waals surface area contributed by atoms with Gasteiger partial charge in [-0.25, -0.2) is 9.59 Å². The van der Waals surface area contributed by atoms with Crippen molar-refractivity contribution in [3.63, 3.8) is 0 Å². The van der Waals surface area contributed by atoms with Gasteiger partial charge in [-0.1, -0.05) is 0 Å². The molecule has 0 radical (unpaired) electrons. The zero-order chi connectivity index (χ0) is 14.6. The van der Waals surface area contributed by atoms with E-state index in [1.165, 1.54) is 0 Å². The van der Waals surface area contributed by atoms with Gasteiger partial charge in [-0.05, 0) is 62.8 Å². The van der Waals surface area contributed by atoms with Crippen LogP contribution in [0.15, 0.2) is 0 Å². The van der Waals surface area contributed by atoms with Crippen LogP contribution in [0.5, 0.6) is 0 Å². The molecular formula is C16H18O4. The number of esters is 2. The molecule has 0 spiro atoms. The fourth-order valence-corrected chi connectivity index (χ4v) is 3.03. The fourth-order valence-electron chi connectivity index (χ4n) is 3.03. The second kappa shape index (κ2) is 4.33. The van der Waals surface area contributed by atoms with Crippen LogP contribution < -0.4 is 0 Å². The second-order valence-corrected chi connectivity index (χ2v) is 5.71. The van der Waals surface area contributed by atoms with E-state index in [-0.39, 0.29) is 24.1 Å². The Bertz CT molecular complexity index is 546. The Morgan fingerprint density at radius 3 is 1.25 bits per heavy atom. The molecule has 2 aliphatic heterocycles. The van der Waals surface area contributed by atoms with Gasteiger partial charge >= 0.3 is 11.9 Å². The van der Waals surface area contributed by atoms with Crippen LogP contribution in [0.2, 0.25) is 0 Å². The predicted molar refractivity (Wildman–Crippen MR) is 73.0 cm³/mol. The first-order valence-corrected chi connectivity index (χ1v) is 6.94. The topological polar surface area (TPSA) is 52.6 Å². The third-order valence-electron chi connectivity index (χ3n) is 4.70. The van der Waals surface area contributed by atoms with Gasteiger partial charge in [-0.3, -0.25) is 0 Å². The number of fused-ring (bicyclic) bond motifs is 4. The molecule has 0 aromatic heterocycles. The quantitative estimate of drug-likeness (QED) is 0.683. The summed E-state index contributed by atoms with van der Waals surface area (Å²) in [6.07, 6.45) is 0.936. The maximum Gasteiger partial charge on any atom is 0.339 e. The maximum absolute atomic E-state index is 12.4. The average molecular weight is 274 g/mol. The summed E-state index contributed by atoms with van der Waals surface area (Å²) < 4.78 is 11.0. The minimum atomic E-state index is -0.301. The van der Waals surface area contributed by atoms with Gasteiger partial charge < -0.3 is 9.47 Å². The number of ether oxygens (including phenoxy) is 2. The molecule has 4 rings (SSSR count). The standard InChI is InChI=1S/C16H18O4/c1-7-8(2)14-10(4)9(3)13(7)15(17)19-11-5-6-12(11)20-16(14)18/h11-12H,5-6H2,1-4H3. The Morgan fingerprint density at radius 2 is 1.00 bits per heavy atom. The van der Waals surface area contributed by atoms with E-state index in [0.717, 1.165) is 35.1 Å². The molecule has 0 amide bonds. The van der Waals surface area contributed by atoms with Gasteiger partial charge in [0.2, 0.25) is 0 Å². The Morgan fingerprint density at radius 1 is 0.700 bits per heavy atom. The zero-order valence-electron chi connectivity index (χ0n) is 12.2. The number of carbonyl (C=O) groups is 2. The van der Waals surface area contributed by atoms with Crippen molar-refractivity contribution in [2.24, 2.45) is 0 Å². The lowest BCUT2D eigenvalue weighted by atomic mass is 9.87. The molecule has 4 heteroatoms. The van der Waals surface area contributed by atoms with Crippen LogP contribution in [0.1, 0.15) is 55.8 Å². The lowest BCUT2D eigenvalue weighted by Crippen LogP contribution is -2.44. The number of carbonyl (C=O) groups excluding carboxylic acids is 2. The number of benzene rings is 1. The van der Waals surface area contributed by atoms with Crippen molar-refractivity contribution in [3.05, 3.63) is 33.4 Å². The first kappa shape index (κ1) is 13.2. The molecule has 20 heavy (non-hydrogen) atoms. The molecule has 2 unspecified atom stereocenters. The normalized spacial score (nSPS) is 24.6. The molecule has 3 aliphatic rings. The van der Waals surface area contributed by atoms with Gasteiger partial charge in [-0.15, -0.1) is 0 Å². The summed E-state index contributed by atoms with van der Waals surface area (Å²) in [6, 6.07) is 0. The Hall–Kier alpha value is -1.84. The number of hydrogen-bond donors (Lipinski definition) is 0. The van der Waals surface area contributed by atoms with Gasteiger partial charge in [0.05, 0.1) is 11.1 Å². The lowest BCUT2D eigenvalue weighted by molar-refractivity contribution is -0.0813. The van der Waals surface area contributed by atoms with Gasteiger partial charge in [0.15, 0.2) is 0 Å². The number of hydrogen-bond acceptors (Lipinski definition) is 4. The molecule has 1 aromatic carbocycles. The highest BCUT2D eigenvalue weighted by Crippen LogP contribution is 2.34. The van der Waals surface area contributed by atoms with Crippen LogP contribution in [-0.4, -0.2) is 24.1 Å². The monoisotopic (exact) mass is 274 g/mol. The highest BCUT2D eigenvalue weighted by Gasteiger charge is 2.40. The molecule has 0 N–H and O–H groups in total. The highest BCUT2D eigenvalue weighted by atomic mass is 16.6.